The number of halogens is 8. The number of aromatic nitrogens is 14. The van der Waals surface area contributed by atoms with Crippen molar-refractivity contribution in [1.82, 2.24) is 83.5 Å². The molecule has 3 saturated heterocycles. The summed E-state index contributed by atoms with van der Waals surface area (Å²) in [6, 6.07) is 46.9. The maximum absolute atomic E-state index is 14.5. The molecule has 0 saturated carbocycles. The number of aryl methyl sites for hydroxylation is 1. The lowest BCUT2D eigenvalue weighted by Crippen LogP contribution is -2.46. The number of nitrogens with zero attached hydrogens (tertiary/aromatic N) is 18. The van der Waals surface area contributed by atoms with Crippen molar-refractivity contribution >= 4 is 29.4 Å². The number of fused-ring (bicyclic) bond motifs is 5. The molecule has 5 aromatic heterocycles. The molecule has 105 heavy (non-hydrogen) atoms. The van der Waals surface area contributed by atoms with Crippen molar-refractivity contribution in [2.75, 3.05) is 44.2 Å². The Bertz CT molecular complexity index is 4720. The summed E-state index contributed by atoms with van der Waals surface area (Å²) < 4.78 is 125. The molecule has 0 bridgehead atoms. The minimum Gasteiger partial charge on any atom is -0.489 e. The van der Waals surface area contributed by atoms with E-state index >= 15 is 0 Å². The lowest BCUT2D eigenvalue weighted by atomic mass is 10.0. The number of piperidine rings is 1. The van der Waals surface area contributed by atoms with Gasteiger partial charge in [-0.3, -0.25) is 24.1 Å². The van der Waals surface area contributed by atoms with Crippen LogP contribution in [0.1, 0.15) is 201 Å². The molecule has 23 nitrogen and oxygen atoms in total. The number of amides is 4. The molecule has 8 aliphatic heterocycles. The summed E-state index contributed by atoms with van der Waals surface area (Å²) in [4.78, 5) is 72.9. The van der Waals surface area contributed by atoms with E-state index in [9.17, 15) is 54.3 Å². The molecular weight excluding hydrogens is 1370 g/mol. The molecule has 0 radical (unpaired) electrons. The molecule has 0 spiro atoms. The van der Waals surface area contributed by atoms with Gasteiger partial charge in [0.15, 0.2) is 48.0 Å². The third-order valence-electron chi connectivity index (χ3n) is 20.1. The van der Waals surface area contributed by atoms with E-state index < -0.39 is 61.4 Å². The van der Waals surface area contributed by atoms with Gasteiger partial charge < -0.3 is 19.4 Å². The second-order valence-electron chi connectivity index (χ2n) is 27.0. The Hall–Kier alpha value is -11.0. The minimum absolute atomic E-state index is 0.0398. The zero-order valence-electron chi connectivity index (χ0n) is 56.6. The average molecular weight is 1450 g/mol. The average Bonchev–Trinajstić information content (AvgIpc) is 1.83. The van der Waals surface area contributed by atoms with Gasteiger partial charge in [0.1, 0.15) is 17.7 Å². The van der Waals surface area contributed by atoms with E-state index in [0.29, 0.717) is 38.9 Å². The summed E-state index contributed by atoms with van der Waals surface area (Å²) in [5.41, 5.74) is 3.68. The molecule has 3 fully saturated rings. The van der Waals surface area contributed by atoms with Crippen molar-refractivity contribution in [2.45, 2.75) is 144 Å². The predicted octanol–water partition coefficient (Wildman–Crippen LogP) is 12.4. The summed E-state index contributed by atoms with van der Waals surface area (Å²) in [5.74, 6) is -2.96. The zero-order chi connectivity index (χ0) is 72.6. The standard InChI is InChI=1S/C22H21FN4O2.C18H17FN6O.2C17H17F3N4O/c23-18-13-19(15-7-3-1-4-8-15)27-21(18)24-20(25-27)22(28)26-12-11-17(14-26)29-16-9-5-2-6-10-16;19-13-11-14(12-5-2-1-3-6-12)25-17(13)21-16(22-25)18(26)23-9-4-10-24-15(23)7-8-20-24;18-12-9-13(11-5-2-1-3-6-11)24-15(12)21-14(22-24)16(25)23-8-4-7-17(19,20)10-23;18-11-9-13(10-5-2-1-3-6-10)24-16(11)21-15(22-24)17(25)23-8-4-7-12(23)14(19)20/h1-10,17-19H,11-14H2;1-3,5-8,13-14H,4,9-11H2;1-3,5-6,12-13H,4,7-10H2;1-3,5-6,11-14H,4,7-9H2/t17?,18-,19-;13-,14-;12-,13-;11-,12?,13-/m0000/s1. The first-order valence-electron chi connectivity index (χ1n) is 35.1. The van der Waals surface area contributed by atoms with Crippen molar-refractivity contribution in [3.8, 4) is 5.75 Å². The largest absolute Gasteiger partial charge is 0.489 e. The zero-order valence-corrected chi connectivity index (χ0v) is 56.6. The fourth-order valence-corrected chi connectivity index (χ4v) is 15.0. The number of likely N-dealkylation sites (tertiary alicyclic amines) is 3. The van der Waals surface area contributed by atoms with Crippen LogP contribution in [0.3, 0.4) is 0 Å². The van der Waals surface area contributed by atoms with Crippen LogP contribution in [0.4, 0.5) is 40.9 Å². The Balaban J connectivity index is 0.000000113. The third kappa shape index (κ3) is 14.3. The SMILES string of the molecule is O=C(c1nc2n(n1)[C@H](c1ccccc1)C[C@@H]2F)N1CCC(Oc2ccccc2)C1.O=C(c1nc2n(n1)[C@H](c1ccccc1)C[C@@H]2F)N1CCCC(F)(F)C1.O=C(c1nc2n(n1)[C@H](c1ccccc1)C[C@@H]2F)N1CCCC1C(F)F.O=C(c1nc2n(n1)[C@H](c1ccccc1)C[C@@H]2F)N1CCCn2nccc21. The van der Waals surface area contributed by atoms with Crippen LogP contribution in [0.25, 0.3) is 0 Å². The fraction of sp³-hybridized carbons (Fsp3) is 0.392. The first kappa shape index (κ1) is 69.7. The molecule has 4 amide bonds. The lowest BCUT2D eigenvalue weighted by Gasteiger charge is -2.31. The van der Waals surface area contributed by atoms with Crippen molar-refractivity contribution in [3.05, 3.63) is 233 Å². The molecule has 13 heterocycles. The van der Waals surface area contributed by atoms with Gasteiger partial charge in [0.25, 0.3) is 36.0 Å². The van der Waals surface area contributed by atoms with Crippen molar-refractivity contribution in [1.29, 1.82) is 0 Å². The Morgan fingerprint density at radius 2 is 0.867 bits per heavy atom. The van der Waals surface area contributed by atoms with Gasteiger partial charge in [0.2, 0.25) is 23.3 Å². The van der Waals surface area contributed by atoms with Gasteiger partial charge in [-0.25, -0.2) is 78.5 Å². The highest BCUT2D eigenvalue weighted by molar-refractivity contribution is 6.03. The van der Waals surface area contributed by atoms with E-state index in [0.717, 1.165) is 63.0 Å². The van der Waals surface area contributed by atoms with Crippen LogP contribution < -0.4 is 9.64 Å². The van der Waals surface area contributed by atoms with Gasteiger partial charge in [-0.2, -0.15) is 5.10 Å². The third-order valence-corrected chi connectivity index (χ3v) is 20.1. The van der Waals surface area contributed by atoms with Crippen molar-refractivity contribution < 1.29 is 59.0 Å². The molecule has 10 atom stereocenters. The number of alkyl halides is 8. The van der Waals surface area contributed by atoms with Crippen LogP contribution in [-0.4, -0.2) is 171 Å². The molecule has 0 N–H and O–H groups in total. The Morgan fingerprint density at radius 1 is 0.448 bits per heavy atom. The number of rotatable bonds is 11. The number of hydrogen-bond acceptors (Lipinski definition) is 14. The van der Waals surface area contributed by atoms with E-state index in [1.54, 1.807) is 36.1 Å². The maximum Gasteiger partial charge on any atom is 0.299 e. The number of para-hydroxylation sites is 1. The number of hydrogen-bond donors (Lipinski definition) is 0. The van der Waals surface area contributed by atoms with Crippen LogP contribution in [0, 0.1) is 0 Å². The van der Waals surface area contributed by atoms with Crippen LogP contribution in [0.15, 0.2) is 164 Å². The Labute approximate surface area is 596 Å². The van der Waals surface area contributed by atoms with E-state index in [1.807, 2.05) is 152 Å². The van der Waals surface area contributed by atoms with E-state index in [-0.39, 0.29) is 134 Å². The molecule has 31 heteroatoms. The Morgan fingerprint density at radius 3 is 1.30 bits per heavy atom. The number of carbonyl (C=O) groups is 4. The molecule has 2 unspecified atom stereocenters. The molecule has 10 aromatic rings. The topological polar surface area (TPSA) is 231 Å². The fourth-order valence-electron chi connectivity index (χ4n) is 15.0. The van der Waals surface area contributed by atoms with Gasteiger partial charge in [-0.15, -0.1) is 20.4 Å². The highest BCUT2D eigenvalue weighted by Crippen LogP contribution is 2.44. The van der Waals surface area contributed by atoms with Crippen molar-refractivity contribution in [3.63, 3.8) is 0 Å². The second-order valence-corrected chi connectivity index (χ2v) is 27.0. The Kier molecular flexibility index (Phi) is 19.7. The molecule has 0 aliphatic carbocycles. The van der Waals surface area contributed by atoms with Crippen LogP contribution in [-0.2, 0) is 6.54 Å². The van der Waals surface area contributed by atoms with Gasteiger partial charge in [0.05, 0.1) is 49.5 Å². The van der Waals surface area contributed by atoms with Crippen LogP contribution in [0.2, 0.25) is 0 Å². The highest BCUT2D eigenvalue weighted by atomic mass is 19.3. The summed E-state index contributed by atoms with van der Waals surface area (Å²) in [6.45, 7) is 2.24. The quantitative estimate of drug-likeness (QED) is 0.110. The van der Waals surface area contributed by atoms with E-state index in [1.165, 1.54) is 9.36 Å². The predicted molar refractivity (Wildman–Crippen MR) is 362 cm³/mol. The molecule has 544 valence electrons. The summed E-state index contributed by atoms with van der Waals surface area (Å²) >= 11 is 0. The van der Waals surface area contributed by atoms with Gasteiger partial charge in [-0.05, 0) is 60.1 Å². The number of benzene rings is 5. The molecular formula is C74H72F8N18O5. The summed E-state index contributed by atoms with van der Waals surface area (Å²) in [5, 5.41) is 21.3. The second kappa shape index (κ2) is 29.6. The maximum atomic E-state index is 14.5. The van der Waals surface area contributed by atoms with E-state index in [4.69, 9.17) is 4.74 Å². The first-order valence-corrected chi connectivity index (χ1v) is 35.1. The normalized spacial score (nSPS) is 23.8. The number of anilines is 1. The minimum atomic E-state index is -2.90. The molecule has 8 aliphatic rings. The smallest absolute Gasteiger partial charge is 0.299 e. The summed E-state index contributed by atoms with van der Waals surface area (Å²) in [6.07, 6.45) is -2.77. The van der Waals surface area contributed by atoms with Gasteiger partial charge >= 0.3 is 0 Å². The van der Waals surface area contributed by atoms with Crippen LogP contribution in [0.5, 0.6) is 5.75 Å². The number of ether oxygens (including phenoxy) is 1. The van der Waals surface area contributed by atoms with Crippen molar-refractivity contribution in [2.24, 2.45) is 0 Å². The van der Waals surface area contributed by atoms with Gasteiger partial charge in [0, 0.05) is 77.3 Å². The highest BCUT2D eigenvalue weighted by Gasteiger charge is 2.45. The monoisotopic (exact) mass is 1440 g/mol. The molecule has 5 aromatic carbocycles. The van der Waals surface area contributed by atoms with E-state index in [2.05, 4.69) is 45.4 Å². The van der Waals surface area contributed by atoms with Crippen LogP contribution >= 0.6 is 0 Å². The lowest BCUT2D eigenvalue weighted by molar-refractivity contribution is -0.0563. The van der Waals surface area contributed by atoms with Gasteiger partial charge in [-0.1, -0.05) is 140 Å². The summed E-state index contributed by atoms with van der Waals surface area (Å²) in [7, 11) is 0. The first-order chi connectivity index (χ1) is 50.9. The molecule has 18 rings (SSSR count). The number of carbonyl (C=O) groups excluding carboxylic acids is 4.